The van der Waals surface area contributed by atoms with Crippen LogP contribution in [0.25, 0.3) is 0 Å². The topological polar surface area (TPSA) is 62.5 Å². The predicted octanol–water partition coefficient (Wildman–Crippen LogP) is 2.55. The molecule has 2 aromatic rings. The zero-order chi connectivity index (χ0) is 17.5. The standard InChI is InChI=1S/C19H20N4O2/c24-23(25)18-9-7-17(8-10-18)5-2-4-12-21-13-15-22(16-14-21)19-6-1-3-11-20-19/h1,3,6-11H,4,12-16H2. The number of anilines is 1. The average Bonchev–Trinajstić information content (AvgIpc) is 2.67. The number of rotatable bonds is 4. The summed E-state index contributed by atoms with van der Waals surface area (Å²) in [6.07, 6.45) is 2.62. The van der Waals surface area contributed by atoms with E-state index in [1.807, 2.05) is 24.4 Å². The summed E-state index contributed by atoms with van der Waals surface area (Å²) < 4.78 is 0. The van der Waals surface area contributed by atoms with E-state index in [0.717, 1.165) is 50.5 Å². The molecule has 0 saturated carbocycles. The van der Waals surface area contributed by atoms with Crippen LogP contribution in [0.4, 0.5) is 11.5 Å². The molecule has 0 spiro atoms. The Morgan fingerprint density at radius 1 is 1.08 bits per heavy atom. The van der Waals surface area contributed by atoms with Gasteiger partial charge in [-0.1, -0.05) is 17.9 Å². The van der Waals surface area contributed by atoms with Gasteiger partial charge in [0.05, 0.1) is 4.92 Å². The molecule has 1 aliphatic rings. The maximum atomic E-state index is 10.6. The molecule has 1 saturated heterocycles. The van der Waals surface area contributed by atoms with E-state index in [4.69, 9.17) is 0 Å². The first-order chi connectivity index (χ1) is 12.2. The van der Waals surface area contributed by atoms with Crippen molar-refractivity contribution in [2.75, 3.05) is 37.6 Å². The van der Waals surface area contributed by atoms with Crippen molar-refractivity contribution >= 4 is 11.5 Å². The number of pyridine rings is 1. The third-order valence-corrected chi connectivity index (χ3v) is 4.21. The van der Waals surface area contributed by atoms with Gasteiger partial charge in [0.1, 0.15) is 5.82 Å². The largest absolute Gasteiger partial charge is 0.354 e. The highest BCUT2D eigenvalue weighted by molar-refractivity contribution is 5.41. The fraction of sp³-hybridized carbons (Fsp3) is 0.316. The third kappa shape index (κ3) is 4.78. The maximum Gasteiger partial charge on any atom is 0.269 e. The van der Waals surface area contributed by atoms with E-state index < -0.39 is 4.92 Å². The molecule has 0 aliphatic carbocycles. The molecule has 2 heterocycles. The zero-order valence-corrected chi connectivity index (χ0v) is 14.0. The van der Waals surface area contributed by atoms with Crippen molar-refractivity contribution in [3.8, 4) is 11.8 Å². The minimum Gasteiger partial charge on any atom is -0.354 e. The van der Waals surface area contributed by atoms with Gasteiger partial charge in [0.25, 0.3) is 5.69 Å². The lowest BCUT2D eigenvalue weighted by Crippen LogP contribution is -2.46. The summed E-state index contributed by atoms with van der Waals surface area (Å²) in [6.45, 7) is 4.92. The van der Waals surface area contributed by atoms with E-state index in [-0.39, 0.29) is 5.69 Å². The monoisotopic (exact) mass is 336 g/mol. The van der Waals surface area contributed by atoms with Crippen LogP contribution in [-0.2, 0) is 0 Å². The summed E-state index contributed by atoms with van der Waals surface area (Å²) in [7, 11) is 0. The minimum atomic E-state index is -0.401. The fourth-order valence-electron chi connectivity index (χ4n) is 2.79. The Morgan fingerprint density at radius 3 is 2.48 bits per heavy atom. The lowest BCUT2D eigenvalue weighted by Gasteiger charge is -2.35. The van der Waals surface area contributed by atoms with Gasteiger partial charge in [0.15, 0.2) is 0 Å². The van der Waals surface area contributed by atoms with Crippen molar-refractivity contribution in [3.63, 3.8) is 0 Å². The van der Waals surface area contributed by atoms with Crippen molar-refractivity contribution in [1.29, 1.82) is 0 Å². The molecule has 1 fully saturated rings. The molecule has 3 rings (SSSR count). The highest BCUT2D eigenvalue weighted by Crippen LogP contribution is 2.13. The summed E-state index contributed by atoms with van der Waals surface area (Å²) in [5.41, 5.74) is 0.905. The average molecular weight is 336 g/mol. The molecule has 0 unspecified atom stereocenters. The van der Waals surface area contributed by atoms with Crippen LogP contribution in [0.1, 0.15) is 12.0 Å². The number of hydrogen-bond acceptors (Lipinski definition) is 5. The van der Waals surface area contributed by atoms with E-state index >= 15 is 0 Å². The number of piperazine rings is 1. The number of aromatic nitrogens is 1. The Hall–Kier alpha value is -2.91. The van der Waals surface area contributed by atoms with Gasteiger partial charge in [-0.05, 0) is 24.3 Å². The summed E-state index contributed by atoms with van der Waals surface area (Å²) >= 11 is 0. The highest BCUT2D eigenvalue weighted by Gasteiger charge is 2.16. The van der Waals surface area contributed by atoms with Gasteiger partial charge in [0, 0.05) is 63.0 Å². The summed E-state index contributed by atoms with van der Waals surface area (Å²) in [6, 6.07) is 12.4. The molecule has 6 heteroatoms. The molecule has 1 aromatic carbocycles. The van der Waals surface area contributed by atoms with Gasteiger partial charge in [-0.15, -0.1) is 0 Å². The van der Waals surface area contributed by atoms with Crippen LogP contribution < -0.4 is 4.90 Å². The van der Waals surface area contributed by atoms with E-state index in [1.54, 1.807) is 12.1 Å². The summed E-state index contributed by atoms with van der Waals surface area (Å²) in [5, 5.41) is 10.6. The Bertz CT molecular complexity index is 758. The quantitative estimate of drug-likeness (QED) is 0.488. The normalized spacial score (nSPS) is 14.6. The van der Waals surface area contributed by atoms with Gasteiger partial charge in [0.2, 0.25) is 0 Å². The van der Waals surface area contributed by atoms with Gasteiger partial charge in [-0.2, -0.15) is 0 Å². The van der Waals surface area contributed by atoms with Crippen molar-refractivity contribution in [2.24, 2.45) is 0 Å². The molecule has 0 radical (unpaired) electrons. The second kappa shape index (κ2) is 8.27. The SMILES string of the molecule is O=[N+]([O-])c1ccc(C#CCCN2CCN(c3ccccn3)CC2)cc1. The minimum absolute atomic E-state index is 0.0938. The van der Waals surface area contributed by atoms with Crippen LogP contribution in [0.3, 0.4) is 0 Å². The molecule has 6 nitrogen and oxygen atoms in total. The van der Waals surface area contributed by atoms with Crippen LogP contribution >= 0.6 is 0 Å². The molecule has 25 heavy (non-hydrogen) atoms. The van der Waals surface area contributed by atoms with E-state index in [0.29, 0.717) is 0 Å². The van der Waals surface area contributed by atoms with Crippen molar-refractivity contribution in [2.45, 2.75) is 6.42 Å². The van der Waals surface area contributed by atoms with Crippen LogP contribution in [-0.4, -0.2) is 47.5 Å². The van der Waals surface area contributed by atoms with E-state index in [9.17, 15) is 10.1 Å². The van der Waals surface area contributed by atoms with Gasteiger partial charge < -0.3 is 4.90 Å². The van der Waals surface area contributed by atoms with Crippen molar-refractivity contribution < 1.29 is 4.92 Å². The summed E-state index contributed by atoms with van der Waals surface area (Å²) in [4.78, 5) is 19.3. The van der Waals surface area contributed by atoms with E-state index in [2.05, 4.69) is 26.6 Å². The second-order valence-corrected chi connectivity index (χ2v) is 5.87. The van der Waals surface area contributed by atoms with Crippen LogP contribution in [0.2, 0.25) is 0 Å². The van der Waals surface area contributed by atoms with E-state index in [1.165, 1.54) is 12.1 Å². The molecule has 1 aromatic heterocycles. The first-order valence-electron chi connectivity index (χ1n) is 8.34. The summed E-state index contributed by atoms with van der Waals surface area (Å²) in [5.74, 6) is 7.26. The second-order valence-electron chi connectivity index (χ2n) is 5.87. The van der Waals surface area contributed by atoms with Crippen LogP contribution in [0.15, 0.2) is 48.7 Å². The Morgan fingerprint density at radius 2 is 1.84 bits per heavy atom. The van der Waals surface area contributed by atoms with Gasteiger partial charge >= 0.3 is 0 Å². The third-order valence-electron chi connectivity index (χ3n) is 4.21. The number of benzene rings is 1. The Kier molecular flexibility index (Phi) is 5.60. The highest BCUT2D eigenvalue weighted by atomic mass is 16.6. The first kappa shape index (κ1) is 16.9. The number of nitro benzene ring substituents is 1. The number of nitro groups is 1. The Balaban J connectivity index is 1.43. The molecule has 128 valence electrons. The molecular weight excluding hydrogens is 316 g/mol. The smallest absolute Gasteiger partial charge is 0.269 e. The molecule has 0 atom stereocenters. The number of hydrogen-bond donors (Lipinski definition) is 0. The fourth-order valence-corrected chi connectivity index (χ4v) is 2.79. The van der Waals surface area contributed by atoms with Crippen molar-refractivity contribution in [3.05, 3.63) is 64.3 Å². The number of nitrogens with zero attached hydrogens (tertiary/aromatic N) is 4. The van der Waals surface area contributed by atoms with Crippen LogP contribution in [0, 0.1) is 22.0 Å². The lowest BCUT2D eigenvalue weighted by molar-refractivity contribution is -0.384. The molecule has 0 bridgehead atoms. The van der Waals surface area contributed by atoms with Gasteiger partial charge in [-0.25, -0.2) is 4.98 Å². The van der Waals surface area contributed by atoms with Crippen LogP contribution in [0.5, 0.6) is 0 Å². The number of non-ortho nitro benzene ring substituents is 1. The Labute approximate surface area is 147 Å². The molecular formula is C19H20N4O2. The first-order valence-corrected chi connectivity index (χ1v) is 8.34. The molecule has 0 N–H and O–H groups in total. The predicted molar refractivity (Wildman–Crippen MR) is 97.5 cm³/mol. The zero-order valence-electron chi connectivity index (χ0n) is 14.0. The van der Waals surface area contributed by atoms with Crippen molar-refractivity contribution in [1.82, 2.24) is 9.88 Å². The maximum absolute atomic E-state index is 10.6. The van der Waals surface area contributed by atoms with Gasteiger partial charge in [-0.3, -0.25) is 15.0 Å². The molecule has 1 aliphatic heterocycles. The molecule has 0 amide bonds. The lowest BCUT2D eigenvalue weighted by atomic mass is 10.2.